The highest BCUT2D eigenvalue weighted by Crippen LogP contribution is 2.32. The highest BCUT2D eigenvalue weighted by Gasteiger charge is 2.27. The molecular weight excluding hydrogens is 248 g/mol. The van der Waals surface area contributed by atoms with E-state index in [1.165, 1.54) is 0 Å². The van der Waals surface area contributed by atoms with E-state index in [0.717, 1.165) is 11.3 Å². The fraction of sp³-hybridized carbons (Fsp3) is 0.286. The first-order valence-corrected chi connectivity index (χ1v) is 6.85. The predicted octanol–water partition coefficient (Wildman–Crippen LogP) is 2.49. The number of thiophene rings is 1. The molecule has 2 atom stereocenters. The quantitative estimate of drug-likeness (QED) is 0.923. The molecule has 1 aromatic carbocycles. The van der Waals surface area contributed by atoms with Crippen molar-refractivity contribution in [3.8, 4) is 11.5 Å². The summed E-state index contributed by atoms with van der Waals surface area (Å²) >= 11 is 1.63. The lowest BCUT2D eigenvalue weighted by atomic mass is 10.1. The number of aliphatic hydroxyl groups is 1. The van der Waals surface area contributed by atoms with Gasteiger partial charge in [0.2, 0.25) is 0 Å². The van der Waals surface area contributed by atoms with E-state index in [1.54, 1.807) is 11.3 Å². The van der Waals surface area contributed by atoms with E-state index in [0.29, 0.717) is 18.8 Å². The highest BCUT2D eigenvalue weighted by molar-refractivity contribution is 7.07. The van der Waals surface area contributed by atoms with E-state index in [4.69, 9.17) is 9.47 Å². The molecule has 4 heteroatoms. The summed E-state index contributed by atoms with van der Waals surface area (Å²) in [7, 11) is 0. The Morgan fingerprint density at radius 1 is 1.28 bits per heavy atom. The monoisotopic (exact) mass is 262 g/mol. The summed E-state index contributed by atoms with van der Waals surface area (Å²) in [6.45, 7) is 0.391. The molecule has 1 aliphatic rings. The Morgan fingerprint density at radius 3 is 2.89 bits per heavy atom. The molecule has 3 nitrogen and oxygen atoms in total. The van der Waals surface area contributed by atoms with E-state index in [2.05, 4.69) is 0 Å². The Labute approximate surface area is 110 Å². The summed E-state index contributed by atoms with van der Waals surface area (Å²) in [6, 6.07) is 9.56. The lowest BCUT2D eigenvalue weighted by Gasteiger charge is -2.29. The van der Waals surface area contributed by atoms with Gasteiger partial charge in [-0.3, -0.25) is 0 Å². The molecule has 0 saturated carbocycles. The van der Waals surface area contributed by atoms with Gasteiger partial charge in [0.25, 0.3) is 0 Å². The fourth-order valence-corrected chi connectivity index (χ4v) is 2.69. The minimum absolute atomic E-state index is 0.306. The summed E-state index contributed by atoms with van der Waals surface area (Å²) in [6.07, 6.45) is -0.257. The Balaban J connectivity index is 1.68. The molecule has 94 valence electrons. The Kier molecular flexibility index (Phi) is 3.21. The molecule has 0 spiro atoms. The van der Waals surface area contributed by atoms with Gasteiger partial charge in [0, 0.05) is 6.42 Å². The lowest BCUT2D eigenvalue weighted by Crippen LogP contribution is -2.40. The summed E-state index contributed by atoms with van der Waals surface area (Å²) in [5.41, 5.74) is 1.13. The molecule has 0 aliphatic carbocycles. The zero-order valence-corrected chi connectivity index (χ0v) is 10.6. The molecule has 1 N–H and O–H groups in total. The molecule has 2 unspecified atom stereocenters. The smallest absolute Gasteiger partial charge is 0.161 e. The Morgan fingerprint density at radius 2 is 2.11 bits per heavy atom. The number of benzene rings is 1. The first-order chi connectivity index (χ1) is 8.83. The van der Waals surface area contributed by atoms with E-state index >= 15 is 0 Å². The second kappa shape index (κ2) is 5.00. The molecule has 0 fully saturated rings. The molecule has 0 bridgehead atoms. The van der Waals surface area contributed by atoms with Crippen molar-refractivity contribution >= 4 is 11.3 Å². The average molecular weight is 262 g/mol. The summed E-state index contributed by atoms with van der Waals surface area (Å²) in [4.78, 5) is 0. The van der Waals surface area contributed by atoms with Gasteiger partial charge in [-0.15, -0.1) is 0 Å². The molecular formula is C14H14O3S. The minimum Gasteiger partial charge on any atom is -0.486 e. The van der Waals surface area contributed by atoms with Crippen LogP contribution in [0.1, 0.15) is 5.56 Å². The third-order valence-electron chi connectivity index (χ3n) is 2.98. The third-order valence-corrected chi connectivity index (χ3v) is 3.72. The fourth-order valence-electron chi connectivity index (χ4n) is 2.01. The van der Waals surface area contributed by atoms with Crippen LogP contribution in [0.3, 0.4) is 0 Å². The molecule has 18 heavy (non-hydrogen) atoms. The first kappa shape index (κ1) is 11.6. The number of ether oxygens (including phenoxy) is 2. The number of hydrogen-bond acceptors (Lipinski definition) is 4. The van der Waals surface area contributed by atoms with Gasteiger partial charge in [-0.25, -0.2) is 0 Å². The molecule has 1 aromatic heterocycles. The topological polar surface area (TPSA) is 38.7 Å². The van der Waals surface area contributed by atoms with Crippen LogP contribution in [0.2, 0.25) is 0 Å². The Hall–Kier alpha value is -1.52. The molecule has 0 amide bonds. The van der Waals surface area contributed by atoms with Crippen molar-refractivity contribution in [2.24, 2.45) is 0 Å². The normalized spacial score (nSPS) is 19.5. The second-order valence-corrected chi connectivity index (χ2v) is 5.10. The van der Waals surface area contributed by atoms with Gasteiger partial charge in [0.15, 0.2) is 17.6 Å². The van der Waals surface area contributed by atoms with Gasteiger partial charge in [-0.05, 0) is 34.5 Å². The SMILES string of the molecule is OC(Cc1ccsc1)C1COc2ccccc2O1. The number of hydrogen-bond donors (Lipinski definition) is 1. The summed E-state index contributed by atoms with van der Waals surface area (Å²) < 4.78 is 11.4. The van der Waals surface area contributed by atoms with E-state index in [9.17, 15) is 5.11 Å². The standard InChI is InChI=1S/C14H14O3S/c15-11(7-10-5-6-18-9-10)14-8-16-12-3-1-2-4-13(12)17-14/h1-6,9,11,14-15H,7-8H2. The van der Waals surface area contributed by atoms with Gasteiger partial charge < -0.3 is 14.6 Å². The van der Waals surface area contributed by atoms with Crippen LogP contribution >= 0.6 is 11.3 Å². The van der Waals surface area contributed by atoms with Gasteiger partial charge in [0.1, 0.15) is 6.61 Å². The summed E-state index contributed by atoms with van der Waals surface area (Å²) in [5, 5.41) is 14.2. The minimum atomic E-state index is -0.548. The van der Waals surface area contributed by atoms with Crippen LogP contribution < -0.4 is 9.47 Å². The zero-order valence-electron chi connectivity index (χ0n) is 9.78. The second-order valence-electron chi connectivity index (χ2n) is 4.32. The highest BCUT2D eigenvalue weighted by atomic mass is 32.1. The van der Waals surface area contributed by atoms with Crippen LogP contribution in [0.15, 0.2) is 41.1 Å². The maximum Gasteiger partial charge on any atom is 0.161 e. The predicted molar refractivity (Wildman–Crippen MR) is 70.4 cm³/mol. The van der Waals surface area contributed by atoms with Crippen molar-refractivity contribution in [1.82, 2.24) is 0 Å². The Bertz CT molecular complexity index is 510. The van der Waals surface area contributed by atoms with Crippen molar-refractivity contribution in [3.05, 3.63) is 46.7 Å². The molecule has 2 heterocycles. The summed E-state index contributed by atoms with van der Waals surface area (Å²) in [5.74, 6) is 1.45. The number of rotatable bonds is 3. The average Bonchev–Trinajstić information content (AvgIpc) is 2.91. The van der Waals surface area contributed by atoms with Crippen LogP contribution in [-0.4, -0.2) is 23.9 Å². The van der Waals surface area contributed by atoms with Crippen LogP contribution in [0, 0.1) is 0 Å². The maximum absolute atomic E-state index is 10.2. The van der Waals surface area contributed by atoms with Crippen LogP contribution in [0.25, 0.3) is 0 Å². The molecule has 0 saturated heterocycles. The van der Waals surface area contributed by atoms with Gasteiger partial charge in [-0.1, -0.05) is 12.1 Å². The van der Waals surface area contributed by atoms with Crippen LogP contribution in [-0.2, 0) is 6.42 Å². The van der Waals surface area contributed by atoms with Crippen molar-refractivity contribution in [2.45, 2.75) is 18.6 Å². The van der Waals surface area contributed by atoms with Crippen LogP contribution in [0.4, 0.5) is 0 Å². The van der Waals surface area contributed by atoms with E-state index < -0.39 is 6.10 Å². The number of fused-ring (bicyclic) bond motifs is 1. The molecule has 2 aromatic rings. The lowest BCUT2D eigenvalue weighted by molar-refractivity contribution is -0.00937. The molecule has 0 radical (unpaired) electrons. The largest absolute Gasteiger partial charge is 0.486 e. The van der Waals surface area contributed by atoms with Crippen molar-refractivity contribution in [1.29, 1.82) is 0 Å². The van der Waals surface area contributed by atoms with Crippen molar-refractivity contribution < 1.29 is 14.6 Å². The van der Waals surface area contributed by atoms with Crippen molar-refractivity contribution in [3.63, 3.8) is 0 Å². The van der Waals surface area contributed by atoms with E-state index in [1.807, 2.05) is 41.1 Å². The van der Waals surface area contributed by atoms with Gasteiger partial charge >= 0.3 is 0 Å². The third kappa shape index (κ3) is 2.35. The molecule has 1 aliphatic heterocycles. The van der Waals surface area contributed by atoms with Gasteiger partial charge in [-0.2, -0.15) is 11.3 Å². The van der Waals surface area contributed by atoms with E-state index in [-0.39, 0.29) is 6.10 Å². The van der Waals surface area contributed by atoms with Crippen LogP contribution in [0.5, 0.6) is 11.5 Å². The zero-order chi connectivity index (χ0) is 12.4. The maximum atomic E-state index is 10.2. The number of para-hydroxylation sites is 2. The molecule has 3 rings (SSSR count). The van der Waals surface area contributed by atoms with Gasteiger partial charge in [0.05, 0.1) is 6.10 Å². The number of aliphatic hydroxyl groups excluding tert-OH is 1. The van der Waals surface area contributed by atoms with Crippen molar-refractivity contribution in [2.75, 3.05) is 6.61 Å². The first-order valence-electron chi connectivity index (χ1n) is 5.90.